The van der Waals surface area contributed by atoms with Gasteiger partial charge in [0.15, 0.2) is 0 Å². The van der Waals surface area contributed by atoms with Crippen LogP contribution in [0.25, 0.3) is 5.69 Å². The Morgan fingerprint density at radius 2 is 2.00 bits per heavy atom. The summed E-state index contributed by atoms with van der Waals surface area (Å²) in [5.74, 6) is 0.348. The molecule has 0 saturated carbocycles. The molecule has 1 heterocycles. The molecule has 0 unspecified atom stereocenters. The minimum Gasteiger partial charge on any atom is -0.237 e. The first-order valence-electron chi connectivity index (χ1n) is 5.73. The molecule has 0 bridgehead atoms. The van der Waals surface area contributed by atoms with E-state index in [4.69, 9.17) is 5.26 Å². The summed E-state index contributed by atoms with van der Waals surface area (Å²) < 4.78 is 1.93. The smallest absolute Gasteiger partial charge is 0.0671 e. The number of nitriles is 1. The maximum absolute atomic E-state index is 8.82. The summed E-state index contributed by atoms with van der Waals surface area (Å²) in [6, 6.07) is 12.2. The fraction of sp³-hybridized carbons (Fsp3) is 0.286. The first-order chi connectivity index (χ1) is 8.24. The number of nitrogens with zero attached hydrogens (tertiary/aromatic N) is 3. The molecule has 0 aliphatic rings. The van der Waals surface area contributed by atoms with E-state index in [1.165, 1.54) is 0 Å². The third kappa shape index (κ3) is 2.21. The Morgan fingerprint density at radius 1 is 1.29 bits per heavy atom. The summed E-state index contributed by atoms with van der Waals surface area (Å²) in [6.07, 6.45) is 2.21. The lowest BCUT2D eigenvalue weighted by Crippen LogP contribution is -2.05. The van der Waals surface area contributed by atoms with Crippen LogP contribution in [0.4, 0.5) is 0 Å². The summed E-state index contributed by atoms with van der Waals surface area (Å²) in [5.41, 5.74) is 3.18. The summed E-state index contributed by atoms with van der Waals surface area (Å²) in [6.45, 7) is 4.24. The highest BCUT2D eigenvalue weighted by Gasteiger charge is 2.14. The zero-order valence-corrected chi connectivity index (χ0v) is 10.1. The highest BCUT2D eigenvalue weighted by molar-refractivity contribution is 5.36. The lowest BCUT2D eigenvalue weighted by Gasteiger charge is -2.11. The van der Waals surface area contributed by atoms with Crippen molar-refractivity contribution >= 4 is 0 Å². The van der Waals surface area contributed by atoms with E-state index in [2.05, 4.69) is 25.0 Å². The number of para-hydroxylation sites is 1. The minimum absolute atomic E-state index is 0.348. The van der Waals surface area contributed by atoms with Crippen molar-refractivity contribution in [1.29, 1.82) is 5.26 Å². The fourth-order valence-electron chi connectivity index (χ4n) is 2.00. The number of rotatable bonds is 3. The second-order valence-corrected chi connectivity index (χ2v) is 4.29. The second kappa shape index (κ2) is 4.84. The van der Waals surface area contributed by atoms with Crippen LogP contribution in [0.2, 0.25) is 0 Å². The van der Waals surface area contributed by atoms with E-state index in [-0.39, 0.29) is 0 Å². The first-order valence-corrected chi connectivity index (χ1v) is 5.73. The molecule has 0 fully saturated rings. The van der Waals surface area contributed by atoms with Gasteiger partial charge < -0.3 is 0 Å². The van der Waals surface area contributed by atoms with Crippen molar-refractivity contribution in [2.45, 2.75) is 26.2 Å². The zero-order chi connectivity index (χ0) is 12.3. The Morgan fingerprint density at radius 3 is 2.59 bits per heavy atom. The van der Waals surface area contributed by atoms with Gasteiger partial charge in [-0.15, -0.1) is 0 Å². The van der Waals surface area contributed by atoms with Crippen LogP contribution in [0.15, 0.2) is 36.5 Å². The van der Waals surface area contributed by atoms with Crippen LogP contribution >= 0.6 is 0 Å². The van der Waals surface area contributed by atoms with Crippen molar-refractivity contribution < 1.29 is 0 Å². The minimum atomic E-state index is 0.348. The number of hydrogen-bond donors (Lipinski definition) is 0. The Balaban J connectivity index is 2.52. The average Bonchev–Trinajstić information content (AvgIpc) is 2.74. The number of aromatic nitrogens is 2. The molecule has 0 amide bonds. The van der Waals surface area contributed by atoms with Crippen molar-refractivity contribution in [3.05, 3.63) is 47.8 Å². The Hall–Kier alpha value is -2.08. The highest BCUT2D eigenvalue weighted by Crippen LogP contribution is 2.23. The maximum atomic E-state index is 8.82. The van der Waals surface area contributed by atoms with Gasteiger partial charge >= 0.3 is 0 Å². The van der Waals surface area contributed by atoms with Gasteiger partial charge in [0.05, 0.1) is 30.1 Å². The monoisotopic (exact) mass is 225 g/mol. The molecule has 0 aliphatic heterocycles. The quantitative estimate of drug-likeness (QED) is 0.805. The second-order valence-electron chi connectivity index (χ2n) is 4.29. The van der Waals surface area contributed by atoms with Gasteiger partial charge in [0.1, 0.15) is 0 Å². The Labute approximate surface area is 101 Å². The largest absolute Gasteiger partial charge is 0.237 e. The molecule has 2 rings (SSSR count). The predicted molar refractivity (Wildman–Crippen MR) is 67.0 cm³/mol. The van der Waals surface area contributed by atoms with Crippen LogP contribution in [-0.2, 0) is 6.42 Å². The van der Waals surface area contributed by atoms with Gasteiger partial charge in [0.25, 0.3) is 0 Å². The molecule has 0 saturated heterocycles. The molecule has 2 aromatic rings. The van der Waals surface area contributed by atoms with Crippen molar-refractivity contribution in [3.63, 3.8) is 0 Å². The average molecular weight is 225 g/mol. The van der Waals surface area contributed by atoms with Crippen LogP contribution in [0, 0.1) is 11.3 Å². The van der Waals surface area contributed by atoms with Crippen LogP contribution in [-0.4, -0.2) is 9.78 Å². The van der Waals surface area contributed by atoms with Crippen LogP contribution < -0.4 is 0 Å². The van der Waals surface area contributed by atoms with E-state index in [1.807, 2.05) is 35.0 Å². The molecule has 0 atom stereocenters. The van der Waals surface area contributed by atoms with E-state index in [0.717, 1.165) is 16.9 Å². The van der Waals surface area contributed by atoms with E-state index in [0.29, 0.717) is 12.3 Å². The van der Waals surface area contributed by atoms with Gasteiger partial charge in [-0.25, -0.2) is 4.68 Å². The van der Waals surface area contributed by atoms with Crippen LogP contribution in [0.3, 0.4) is 0 Å². The first kappa shape index (κ1) is 11.4. The standard InChI is InChI=1S/C14H15N3/c1-11(2)14-12(8-9-15)10-16-17(14)13-6-4-3-5-7-13/h3-7,10-11H,8H2,1-2H3. The Bertz CT molecular complexity index is 532. The van der Waals surface area contributed by atoms with Gasteiger partial charge in [-0.1, -0.05) is 32.0 Å². The van der Waals surface area contributed by atoms with E-state index >= 15 is 0 Å². The predicted octanol–water partition coefficient (Wildman–Crippen LogP) is 3.06. The molecule has 17 heavy (non-hydrogen) atoms. The van der Waals surface area contributed by atoms with Crippen molar-refractivity contribution in [1.82, 2.24) is 9.78 Å². The summed E-state index contributed by atoms with van der Waals surface area (Å²) in [4.78, 5) is 0. The lowest BCUT2D eigenvalue weighted by atomic mass is 10.0. The summed E-state index contributed by atoms with van der Waals surface area (Å²) >= 11 is 0. The van der Waals surface area contributed by atoms with Crippen LogP contribution in [0.1, 0.15) is 31.0 Å². The van der Waals surface area contributed by atoms with Gasteiger partial charge in [-0.3, -0.25) is 0 Å². The topological polar surface area (TPSA) is 41.6 Å². The van der Waals surface area contributed by atoms with Gasteiger partial charge in [-0.2, -0.15) is 10.4 Å². The molecule has 0 radical (unpaired) electrons. The third-order valence-electron chi connectivity index (χ3n) is 2.70. The van der Waals surface area contributed by atoms with Gasteiger partial charge in [0.2, 0.25) is 0 Å². The molecule has 0 N–H and O–H groups in total. The Kier molecular flexibility index (Phi) is 3.24. The molecule has 1 aromatic carbocycles. The summed E-state index contributed by atoms with van der Waals surface area (Å²) in [7, 11) is 0. The molecule has 3 nitrogen and oxygen atoms in total. The van der Waals surface area contributed by atoms with Crippen LogP contribution in [0.5, 0.6) is 0 Å². The van der Waals surface area contributed by atoms with Crippen molar-refractivity contribution in [3.8, 4) is 11.8 Å². The zero-order valence-electron chi connectivity index (χ0n) is 10.1. The van der Waals surface area contributed by atoms with E-state index in [9.17, 15) is 0 Å². The van der Waals surface area contributed by atoms with Crippen molar-refractivity contribution in [2.24, 2.45) is 0 Å². The maximum Gasteiger partial charge on any atom is 0.0671 e. The van der Waals surface area contributed by atoms with Crippen molar-refractivity contribution in [2.75, 3.05) is 0 Å². The molecular weight excluding hydrogens is 210 g/mol. The summed E-state index contributed by atoms with van der Waals surface area (Å²) in [5, 5.41) is 13.2. The fourth-order valence-corrected chi connectivity index (χ4v) is 2.00. The number of benzene rings is 1. The molecule has 3 heteroatoms. The SMILES string of the molecule is CC(C)c1c(CC#N)cnn1-c1ccccc1. The molecule has 86 valence electrons. The van der Waals surface area contributed by atoms with E-state index in [1.54, 1.807) is 6.20 Å². The van der Waals surface area contributed by atoms with E-state index < -0.39 is 0 Å². The molecule has 1 aromatic heterocycles. The molecule has 0 aliphatic carbocycles. The normalized spacial score (nSPS) is 10.5. The lowest BCUT2D eigenvalue weighted by molar-refractivity contribution is 0.728. The van der Waals surface area contributed by atoms with Gasteiger partial charge in [0, 0.05) is 5.56 Å². The highest BCUT2D eigenvalue weighted by atomic mass is 15.3. The molecular formula is C14H15N3. The molecule has 0 spiro atoms. The van der Waals surface area contributed by atoms with Gasteiger partial charge in [-0.05, 0) is 18.1 Å². The number of hydrogen-bond acceptors (Lipinski definition) is 2. The third-order valence-corrected chi connectivity index (χ3v) is 2.70.